The Hall–Kier alpha value is -1.40. The molecule has 0 aromatic carbocycles. The van der Waals surface area contributed by atoms with Gasteiger partial charge >= 0.3 is 5.97 Å². The van der Waals surface area contributed by atoms with Gasteiger partial charge in [0.25, 0.3) is 5.91 Å². The molecule has 3 atom stereocenters. The molecule has 0 spiro atoms. The molecule has 3 unspecified atom stereocenters. The second-order valence-corrected chi connectivity index (χ2v) is 5.74. The van der Waals surface area contributed by atoms with Crippen molar-refractivity contribution in [2.75, 3.05) is 0 Å². The maximum atomic E-state index is 12.0. The van der Waals surface area contributed by atoms with E-state index in [0.717, 1.165) is 30.6 Å². The van der Waals surface area contributed by atoms with Crippen molar-refractivity contribution in [3.8, 4) is 0 Å². The molecule has 1 amide bonds. The second-order valence-electron chi connectivity index (χ2n) is 4.66. The molecule has 5 nitrogen and oxygen atoms in total. The van der Waals surface area contributed by atoms with Gasteiger partial charge in [-0.3, -0.25) is 4.79 Å². The SMILES string of the molecule is O=C(O)c1ccc(C(=O)NC2CC3CCC2O3)s1. The highest BCUT2D eigenvalue weighted by Gasteiger charge is 2.41. The number of carbonyl (C=O) groups is 2. The molecule has 2 bridgehead atoms. The van der Waals surface area contributed by atoms with Crippen LogP contribution in [0.15, 0.2) is 12.1 Å². The number of hydrogen-bond acceptors (Lipinski definition) is 4. The molecule has 2 fully saturated rings. The van der Waals surface area contributed by atoms with Crippen LogP contribution in [0.3, 0.4) is 0 Å². The first-order valence-corrected chi connectivity index (χ1v) is 6.74. The maximum Gasteiger partial charge on any atom is 0.345 e. The molecule has 2 aliphatic rings. The van der Waals surface area contributed by atoms with E-state index in [4.69, 9.17) is 9.84 Å². The van der Waals surface area contributed by atoms with Crippen LogP contribution >= 0.6 is 11.3 Å². The van der Waals surface area contributed by atoms with Crippen molar-refractivity contribution in [3.63, 3.8) is 0 Å². The Morgan fingerprint density at radius 1 is 1.33 bits per heavy atom. The molecule has 1 aromatic rings. The summed E-state index contributed by atoms with van der Waals surface area (Å²) in [6.45, 7) is 0. The summed E-state index contributed by atoms with van der Waals surface area (Å²) in [4.78, 5) is 23.3. The van der Waals surface area contributed by atoms with Crippen molar-refractivity contribution in [1.82, 2.24) is 5.32 Å². The molecule has 6 heteroatoms. The van der Waals surface area contributed by atoms with Crippen molar-refractivity contribution >= 4 is 23.2 Å². The van der Waals surface area contributed by atoms with Crippen LogP contribution in [0.2, 0.25) is 0 Å². The van der Waals surface area contributed by atoms with Gasteiger partial charge in [0, 0.05) is 0 Å². The normalized spacial score (nSPS) is 29.4. The lowest BCUT2D eigenvalue weighted by Crippen LogP contribution is -2.41. The minimum atomic E-state index is -0.998. The third kappa shape index (κ3) is 2.02. The van der Waals surface area contributed by atoms with Gasteiger partial charge in [0.2, 0.25) is 0 Å². The van der Waals surface area contributed by atoms with Gasteiger partial charge in [-0.1, -0.05) is 0 Å². The van der Waals surface area contributed by atoms with Gasteiger partial charge in [0.15, 0.2) is 0 Å². The van der Waals surface area contributed by atoms with Crippen LogP contribution in [0.25, 0.3) is 0 Å². The van der Waals surface area contributed by atoms with Crippen molar-refractivity contribution in [2.24, 2.45) is 0 Å². The van der Waals surface area contributed by atoms with Gasteiger partial charge < -0.3 is 15.2 Å². The highest BCUT2D eigenvalue weighted by molar-refractivity contribution is 7.15. The van der Waals surface area contributed by atoms with Crippen LogP contribution in [0.4, 0.5) is 0 Å². The summed E-state index contributed by atoms with van der Waals surface area (Å²) in [7, 11) is 0. The average Bonchev–Trinajstić information content (AvgIpc) is 3.04. The molecule has 3 heterocycles. The van der Waals surface area contributed by atoms with Crippen molar-refractivity contribution < 1.29 is 19.4 Å². The van der Waals surface area contributed by atoms with E-state index in [2.05, 4.69) is 5.32 Å². The fourth-order valence-corrected chi connectivity index (χ4v) is 3.35. The zero-order valence-electron chi connectivity index (χ0n) is 9.59. The summed E-state index contributed by atoms with van der Waals surface area (Å²) >= 11 is 1.00. The Morgan fingerprint density at radius 3 is 2.67 bits per heavy atom. The first-order valence-electron chi connectivity index (χ1n) is 5.93. The number of nitrogens with one attached hydrogen (secondary N) is 1. The van der Waals surface area contributed by atoms with Gasteiger partial charge in [0.1, 0.15) is 4.88 Å². The van der Waals surface area contributed by atoms with E-state index in [0.29, 0.717) is 11.0 Å². The highest BCUT2D eigenvalue weighted by Crippen LogP contribution is 2.34. The Kier molecular flexibility index (Phi) is 2.83. The summed E-state index contributed by atoms with van der Waals surface area (Å²) < 4.78 is 5.66. The maximum absolute atomic E-state index is 12.0. The fraction of sp³-hybridized carbons (Fsp3) is 0.500. The molecule has 0 saturated carbocycles. The Morgan fingerprint density at radius 2 is 2.11 bits per heavy atom. The molecule has 2 saturated heterocycles. The van der Waals surface area contributed by atoms with E-state index < -0.39 is 5.97 Å². The quantitative estimate of drug-likeness (QED) is 0.870. The fourth-order valence-electron chi connectivity index (χ4n) is 2.60. The van der Waals surface area contributed by atoms with E-state index >= 15 is 0 Å². The molecular formula is C12H13NO4S. The second kappa shape index (κ2) is 4.37. The van der Waals surface area contributed by atoms with Crippen LogP contribution in [0.1, 0.15) is 38.6 Å². The number of amides is 1. The smallest absolute Gasteiger partial charge is 0.345 e. The number of fused-ring (bicyclic) bond motifs is 2. The molecule has 3 rings (SSSR count). The summed E-state index contributed by atoms with van der Waals surface area (Å²) in [6, 6.07) is 3.09. The predicted molar refractivity (Wildman–Crippen MR) is 65.0 cm³/mol. The predicted octanol–water partition coefficient (Wildman–Crippen LogP) is 1.50. The Bertz CT molecular complexity index is 498. The van der Waals surface area contributed by atoms with Gasteiger partial charge in [-0.15, -0.1) is 11.3 Å². The lowest BCUT2D eigenvalue weighted by Gasteiger charge is -2.19. The molecule has 2 N–H and O–H groups in total. The Balaban J connectivity index is 1.65. The van der Waals surface area contributed by atoms with E-state index in [-0.39, 0.29) is 22.9 Å². The minimum absolute atomic E-state index is 0.0756. The topological polar surface area (TPSA) is 75.6 Å². The first kappa shape index (κ1) is 11.7. The lowest BCUT2D eigenvalue weighted by atomic mass is 9.95. The third-order valence-electron chi connectivity index (χ3n) is 3.46. The van der Waals surface area contributed by atoms with Crippen LogP contribution in [0.5, 0.6) is 0 Å². The van der Waals surface area contributed by atoms with E-state index in [1.807, 2.05) is 0 Å². The number of carboxylic acid groups (broad SMARTS) is 1. The minimum Gasteiger partial charge on any atom is -0.477 e. The van der Waals surface area contributed by atoms with E-state index in [1.165, 1.54) is 6.07 Å². The molecule has 2 aliphatic heterocycles. The number of rotatable bonds is 3. The van der Waals surface area contributed by atoms with Gasteiger partial charge in [0.05, 0.1) is 23.1 Å². The van der Waals surface area contributed by atoms with Crippen LogP contribution in [-0.4, -0.2) is 35.2 Å². The van der Waals surface area contributed by atoms with Gasteiger partial charge in [-0.05, 0) is 31.4 Å². The molecule has 1 aromatic heterocycles. The average molecular weight is 267 g/mol. The molecule has 0 radical (unpaired) electrons. The number of aromatic carboxylic acids is 1. The van der Waals surface area contributed by atoms with E-state index in [9.17, 15) is 9.59 Å². The zero-order chi connectivity index (χ0) is 12.7. The number of thiophene rings is 1. The molecule has 96 valence electrons. The van der Waals surface area contributed by atoms with Crippen LogP contribution in [-0.2, 0) is 4.74 Å². The van der Waals surface area contributed by atoms with Crippen molar-refractivity contribution in [1.29, 1.82) is 0 Å². The number of hydrogen-bond donors (Lipinski definition) is 2. The third-order valence-corrected chi connectivity index (χ3v) is 4.54. The summed E-state index contributed by atoms with van der Waals surface area (Å²) in [5.74, 6) is -1.20. The van der Waals surface area contributed by atoms with Gasteiger partial charge in [-0.2, -0.15) is 0 Å². The van der Waals surface area contributed by atoms with Gasteiger partial charge in [-0.25, -0.2) is 4.79 Å². The monoisotopic (exact) mass is 267 g/mol. The number of carbonyl (C=O) groups excluding carboxylic acids is 1. The van der Waals surface area contributed by atoms with Crippen LogP contribution < -0.4 is 5.32 Å². The zero-order valence-corrected chi connectivity index (χ0v) is 10.4. The van der Waals surface area contributed by atoms with Crippen molar-refractivity contribution in [2.45, 2.75) is 37.5 Å². The lowest BCUT2D eigenvalue weighted by molar-refractivity contribution is 0.0702. The van der Waals surface area contributed by atoms with Crippen molar-refractivity contribution in [3.05, 3.63) is 21.9 Å². The van der Waals surface area contributed by atoms with Crippen LogP contribution in [0, 0.1) is 0 Å². The highest BCUT2D eigenvalue weighted by atomic mass is 32.1. The Labute approximate surface area is 108 Å². The largest absolute Gasteiger partial charge is 0.477 e. The standard InChI is InChI=1S/C12H13NO4S/c14-11(9-3-4-10(18-9)12(15)16)13-7-5-6-1-2-8(7)17-6/h3-4,6-8H,1-2,5H2,(H,13,14)(H,15,16). The summed E-state index contributed by atoms with van der Waals surface area (Å²) in [5, 5.41) is 11.7. The number of ether oxygens (including phenoxy) is 1. The number of carboxylic acids is 1. The first-order chi connectivity index (χ1) is 8.63. The molecular weight excluding hydrogens is 254 g/mol. The molecule has 0 aliphatic carbocycles. The van der Waals surface area contributed by atoms with E-state index in [1.54, 1.807) is 6.07 Å². The molecule has 18 heavy (non-hydrogen) atoms. The summed E-state index contributed by atoms with van der Waals surface area (Å²) in [6.07, 6.45) is 3.38. The summed E-state index contributed by atoms with van der Waals surface area (Å²) in [5.41, 5.74) is 0.